The second-order valence-electron chi connectivity index (χ2n) is 9.88. The molecule has 0 radical (unpaired) electrons. The molecule has 4 amide bonds. The zero-order chi connectivity index (χ0) is 26.4. The third-order valence-corrected chi connectivity index (χ3v) is 7.75. The molecule has 3 aromatic rings. The first-order valence-corrected chi connectivity index (χ1v) is 12.8. The number of methoxy groups -OCH3 is 1. The Labute approximate surface area is 220 Å². The zero-order valence-corrected chi connectivity index (χ0v) is 21.0. The largest absolute Gasteiger partial charge is 0.497 e. The van der Waals surface area contributed by atoms with Gasteiger partial charge in [-0.3, -0.25) is 24.1 Å². The molecule has 6 rings (SSSR count). The van der Waals surface area contributed by atoms with Crippen LogP contribution in [0.1, 0.15) is 45.5 Å². The van der Waals surface area contributed by atoms with E-state index in [1.54, 1.807) is 59.4 Å². The van der Waals surface area contributed by atoms with Gasteiger partial charge >= 0.3 is 0 Å². The Morgan fingerprint density at radius 1 is 0.842 bits per heavy atom. The summed E-state index contributed by atoms with van der Waals surface area (Å²) >= 11 is 0. The number of hydrogen-bond donors (Lipinski definition) is 0. The molecular weight excluding hydrogens is 482 g/mol. The number of anilines is 2. The first-order valence-electron chi connectivity index (χ1n) is 12.8. The van der Waals surface area contributed by atoms with Crippen LogP contribution in [0.4, 0.5) is 11.4 Å². The molecule has 3 aromatic carbocycles. The fourth-order valence-corrected chi connectivity index (χ4v) is 5.93. The Bertz CT molecular complexity index is 1420. The average molecular weight is 510 g/mol. The van der Waals surface area contributed by atoms with Crippen LogP contribution < -0.4 is 14.5 Å². The molecule has 192 valence electrons. The van der Waals surface area contributed by atoms with E-state index in [9.17, 15) is 19.2 Å². The highest BCUT2D eigenvalue weighted by Gasteiger charge is 2.47. The van der Waals surface area contributed by atoms with Crippen LogP contribution in [0, 0.1) is 5.92 Å². The topological polar surface area (TPSA) is 87.2 Å². The van der Waals surface area contributed by atoms with E-state index >= 15 is 0 Å². The molecule has 0 saturated heterocycles. The standard InChI is InChI=1S/C30H27N3O5/c1-38-20-14-15-25-26(16-20)31(17-19-8-3-2-4-9-19)30(37)23-12-7-13-24(23)33(25)27(34)18-32-28(35)21-10-5-6-11-22(21)29(32)36/h2-6,8-11,14-16,23-24H,7,12-13,17-18H2,1H3/t23-,24+/m0/s1. The van der Waals surface area contributed by atoms with Gasteiger partial charge in [-0.25, -0.2) is 0 Å². The van der Waals surface area contributed by atoms with E-state index in [1.165, 1.54) is 0 Å². The minimum absolute atomic E-state index is 0.0399. The van der Waals surface area contributed by atoms with E-state index in [0.717, 1.165) is 16.9 Å². The van der Waals surface area contributed by atoms with Gasteiger partial charge in [-0.15, -0.1) is 0 Å². The Hall–Kier alpha value is -4.46. The summed E-state index contributed by atoms with van der Waals surface area (Å²) in [6, 6.07) is 21.3. The Morgan fingerprint density at radius 3 is 2.21 bits per heavy atom. The Kier molecular flexibility index (Phi) is 5.94. The summed E-state index contributed by atoms with van der Waals surface area (Å²) in [5.41, 5.74) is 2.72. The van der Waals surface area contributed by atoms with E-state index in [0.29, 0.717) is 47.6 Å². The van der Waals surface area contributed by atoms with Crippen molar-refractivity contribution in [2.75, 3.05) is 23.5 Å². The molecule has 0 unspecified atom stereocenters. The fourth-order valence-electron chi connectivity index (χ4n) is 5.93. The molecule has 1 aliphatic carbocycles. The van der Waals surface area contributed by atoms with Gasteiger partial charge < -0.3 is 14.5 Å². The molecule has 3 aliphatic rings. The van der Waals surface area contributed by atoms with E-state index in [-0.39, 0.29) is 17.9 Å². The summed E-state index contributed by atoms with van der Waals surface area (Å²) in [5.74, 6) is -1.21. The Balaban J connectivity index is 1.41. The first-order chi connectivity index (χ1) is 18.5. The van der Waals surface area contributed by atoms with Crippen molar-refractivity contribution in [1.29, 1.82) is 0 Å². The molecule has 2 aliphatic heterocycles. The van der Waals surface area contributed by atoms with E-state index in [4.69, 9.17) is 4.74 Å². The van der Waals surface area contributed by atoms with Crippen molar-refractivity contribution in [1.82, 2.24) is 4.90 Å². The number of carbonyl (C=O) groups excluding carboxylic acids is 4. The summed E-state index contributed by atoms with van der Waals surface area (Å²) < 4.78 is 5.48. The van der Waals surface area contributed by atoms with Crippen molar-refractivity contribution >= 4 is 35.0 Å². The van der Waals surface area contributed by atoms with Crippen molar-refractivity contribution in [3.05, 3.63) is 89.5 Å². The van der Waals surface area contributed by atoms with Gasteiger partial charge in [0.25, 0.3) is 11.8 Å². The van der Waals surface area contributed by atoms with Crippen LogP contribution >= 0.6 is 0 Å². The molecule has 1 fully saturated rings. The van der Waals surface area contributed by atoms with Crippen LogP contribution in [0.5, 0.6) is 5.75 Å². The van der Waals surface area contributed by atoms with Gasteiger partial charge in [0.05, 0.1) is 42.1 Å². The van der Waals surface area contributed by atoms with Crippen molar-refractivity contribution in [2.24, 2.45) is 5.92 Å². The van der Waals surface area contributed by atoms with Crippen LogP contribution in [0.2, 0.25) is 0 Å². The summed E-state index contributed by atoms with van der Waals surface area (Å²) in [6.07, 6.45) is 2.13. The van der Waals surface area contributed by atoms with Crippen molar-refractivity contribution < 1.29 is 23.9 Å². The number of nitrogens with zero attached hydrogens (tertiary/aromatic N) is 3. The molecule has 0 bridgehead atoms. The van der Waals surface area contributed by atoms with Gasteiger partial charge in [-0.2, -0.15) is 0 Å². The normalized spacial score (nSPS) is 20.2. The predicted octanol–water partition coefficient (Wildman–Crippen LogP) is 4.04. The first kappa shape index (κ1) is 23.9. The van der Waals surface area contributed by atoms with Crippen LogP contribution in [0.15, 0.2) is 72.8 Å². The van der Waals surface area contributed by atoms with Crippen LogP contribution in [0.25, 0.3) is 0 Å². The highest BCUT2D eigenvalue weighted by molar-refractivity contribution is 6.23. The summed E-state index contributed by atoms with van der Waals surface area (Å²) in [5, 5.41) is 0. The third kappa shape index (κ3) is 3.84. The number of imide groups is 1. The van der Waals surface area contributed by atoms with Crippen molar-refractivity contribution in [2.45, 2.75) is 31.8 Å². The zero-order valence-electron chi connectivity index (χ0n) is 21.0. The van der Waals surface area contributed by atoms with Crippen LogP contribution in [-0.2, 0) is 16.1 Å². The number of benzene rings is 3. The summed E-state index contributed by atoms with van der Waals surface area (Å²) in [6.45, 7) is -0.0442. The number of fused-ring (bicyclic) bond motifs is 3. The van der Waals surface area contributed by atoms with E-state index in [2.05, 4.69) is 0 Å². The summed E-state index contributed by atoms with van der Waals surface area (Å²) in [7, 11) is 1.56. The highest BCUT2D eigenvalue weighted by atomic mass is 16.5. The molecule has 8 heteroatoms. The fraction of sp³-hybridized carbons (Fsp3) is 0.267. The molecular formula is C30H27N3O5. The lowest BCUT2D eigenvalue weighted by Crippen LogP contribution is -2.49. The maximum absolute atomic E-state index is 14.0. The minimum atomic E-state index is -0.478. The lowest BCUT2D eigenvalue weighted by atomic mass is 10.0. The smallest absolute Gasteiger partial charge is 0.262 e. The SMILES string of the molecule is COc1ccc2c(c1)N(Cc1ccccc1)C(=O)[C@H]1CCC[C@H]1N2C(=O)CN1C(=O)c2ccccc2C1=O. The van der Waals surface area contributed by atoms with Gasteiger partial charge in [0, 0.05) is 12.1 Å². The monoisotopic (exact) mass is 509 g/mol. The number of hydrogen-bond acceptors (Lipinski definition) is 5. The lowest BCUT2D eigenvalue weighted by Gasteiger charge is -2.32. The van der Waals surface area contributed by atoms with Gasteiger partial charge in [-0.05, 0) is 42.7 Å². The molecule has 0 spiro atoms. The highest BCUT2D eigenvalue weighted by Crippen LogP contribution is 2.45. The molecule has 0 aromatic heterocycles. The maximum Gasteiger partial charge on any atom is 0.262 e. The molecule has 2 heterocycles. The molecule has 0 N–H and O–H groups in total. The maximum atomic E-state index is 14.0. The lowest BCUT2D eigenvalue weighted by molar-refractivity contribution is -0.123. The van der Waals surface area contributed by atoms with Crippen LogP contribution in [-0.4, -0.2) is 48.2 Å². The van der Waals surface area contributed by atoms with Gasteiger partial charge in [0.15, 0.2) is 0 Å². The van der Waals surface area contributed by atoms with E-state index in [1.807, 2.05) is 30.3 Å². The number of rotatable bonds is 5. The molecule has 8 nitrogen and oxygen atoms in total. The van der Waals surface area contributed by atoms with Crippen LogP contribution in [0.3, 0.4) is 0 Å². The number of ether oxygens (including phenoxy) is 1. The van der Waals surface area contributed by atoms with Crippen molar-refractivity contribution in [3.8, 4) is 5.75 Å². The molecule has 1 saturated carbocycles. The van der Waals surface area contributed by atoms with Crippen molar-refractivity contribution in [3.63, 3.8) is 0 Å². The van der Waals surface area contributed by atoms with Gasteiger partial charge in [0.2, 0.25) is 11.8 Å². The second-order valence-corrected chi connectivity index (χ2v) is 9.88. The van der Waals surface area contributed by atoms with Gasteiger partial charge in [0.1, 0.15) is 12.3 Å². The minimum Gasteiger partial charge on any atom is -0.497 e. The number of carbonyl (C=O) groups is 4. The second kappa shape index (κ2) is 9.45. The number of amides is 4. The van der Waals surface area contributed by atoms with E-state index < -0.39 is 24.3 Å². The quantitative estimate of drug-likeness (QED) is 0.485. The average Bonchev–Trinajstić information content (AvgIpc) is 3.49. The Morgan fingerprint density at radius 2 is 1.53 bits per heavy atom. The molecule has 2 atom stereocenters. The van der Waals surface area contributed by atoms with Gasteiger partial charge in [-0.1, -0.05) is 48.9 Å². The predicted molar refractivity (Wildman–Crippen MR) is 141 cm³/mol. The third-order valence-electron chi connectivity index (χ3n) is 7.75. The summed E-state index contributed by atoms with van der Waals surface area (Å²) in [4.78, 5) is 58.4. The molecule has 38 heavy (non-hydrogen) atoms.